The molecule has 0 rings (SSSR count). The Morgan fingerprint density at radius 1 is 0.270 bits per heavy atom. The van der Waals surface area contributed by atoms with E-state index in [2.05, 4.69) is 45.1 Å². The highest BCUT2D eigenvalue weighted by atomic mass is 16.6. The number of allylic oxidation sites excluding steroid dienone is 4. The van der Waals surface area contributed by atoms with Crippen molar-refractivity contribution in [2.45, 2.75) is 380 Å². The van der Waals surface area contributed by atoms with Crippen LogP contribution in [0.25, 0.3) is 0 Å². The van der Waals surface area contributed by atoms with Crippen molar-refractivity contribution in [3.05, 3.63) is 24.3 Å². The van der Waals surface area contributed by atoms with Crippen LogP contribution in [0.15, 0.2) is 24.3 Å². The maximum Gasteiger partial charge on any atom is 0.306 e. The fraction of sp³-hybridized carbons (Fsp3) is 0.897. The standard InChI is InChI=1S/C68H128O6/c1-4-7-10-13-16-18-20-22-24-26-28-30-31-32-33-34-35-36-37-38-40-41-43-45-47-49-52-55-58-61-67(70)73-64-65(63-72-66(69)60-57-54-51-15-12-9-6-3)74-68(71)62-59-56-53-50-48-46-44-42-39-29-27-25-23-21-19-17-14-11-8-5-2/h20,22,26,28,65H,4-19,21,23-25,27,29-64H2,1-3H3/b22-20-,28-26-. The van der Waals surface area contributed by atoms with Crippen LogP contribution in [0.3, 0.4) is 0 Å². The lowest BCUT2D eigenvalue weighted by molar-refractivity contribution is -0.167. The van der Waals surface area contributed by atoms with Gasteiger partial charge in [-0.15, -0.1) is 0 Å². The Labute approximate surface area is 462 Å². The molecule has 0 N–H and O–H groups in total. The number of carbonyl (C=O) groups excluding carboxylic acids is 3. The first-order valence-corrected chi connectivity index (χ1v) is 33.3. The fourth-order valence-corrected chi connectivity index (χ4v) is 10.2. The minimum Gasteiger partial charge on any atom is -0.462 e. The summed E-state index contributed by atoms with van der Waals surface area (Å²) in [5, 5.41) is 0. The molecule has 0 aromatic heterocycles. The van der Waals surface area contributed by atoms with Gasteiger partial charge in [-0.05, 0) is 51.4 Å². The lowest BCUT2D eigenvalue weighted by Gasteiger charge is -2.18. The summed E-state index contributed by atoms with van der Waals surface area (Å²) >= 11 is 0. The highest BCUT2D eigenvalue weighted by molar-refractivity contribution is 5.71. The van der Waals surface area contributed by atoms with Crippen molar-refractivity contribution in [1.82, 2.24) is 0 Å². The number of hydrogen-bond acceptors (Lipinski definition) is 6. The lowest BCUT2D eigenvalue weighted by Crippen LogP contribution is -2.30. The van der Waals surface area contributed by atoms with Gasteiger partial charge in [-0.2, -0.15) is 0 Å². The Hall–Kier alpha value is -2.11. The minimum atomic E-state index is -0.764. The van der Waals surface area contributed by atoms with Crippen LogP contribution in [0.4, 0.5) is 0 Å². The first-order valence-electron chi connectivity index (χ1n) is 33.3. The largest absolute Gasteiger partial charge is 0.462 e. The van der Waals surface area contributed by atoms with E-state index in [-0.39, 0.29) is 31.1 Å². The Kier molecular flexibility index (Phi) is 61.6. The zero-order valence-corrected chi connectivity index (χ0v) is 50.1. The van der Waals surface area contributed by atoms with Crippen LogP contribution < -0.4 is 0 Å². The predicted molar refractivity (Wildman–Crippen MR) is 321 cm³/mol. The number of ether oxygens (including phenoxy) is 3. The monoisotopic (exact) mass is 1040 g/mol. The van der Waals surface area contributed by atoms with Crippen LogP contribution in [0.5, 0.6) is 0 Å². The molecule has 0 bridgehead atoms. The Bertz CT molecular complexity index is 1190. The fourth-order valence-electron chi connectivity index (χ4n) is 10.2. The van der Waals surface area contributed by atoms with Gasteiger partial charge in [0.25, 0.3) is 0 Å². The van der Waals surface area contributed by atoms with Crippen molar-refractivity contribution in [3.63, 3.8) is 0 Å². The molecule has 436 valence electrons. The van der Waals surface area contributed by atoms with Crippen LogP contribution in [-0.2, 0) is 28.6 Å². The number of esters is 3. The summed E-state index contributed by atoms with van der Waals surface area (Å²) < 4.78 is 16.9. The quantitative estimate of drug-likeness (QED) is 0.0261. The maximum atomic E-state index is 12.9. The number of carbonyl (C=O) groups is 3. The van der Waals surface area contributed by atoms with Crippen LogP contribution in [-0.4, -0.2) is 37.2 Å². The molecular formula is C68H128O6. The maximum absolute atomic E-state index is 12.9. The highest BCUT2D eigenvalue weighted by Crippen LogP contribution is 2.18. The van der Waals surface area contributed by atoms with Gasteiger partial charge in [0.1, 0.15) is 13.2 Å². The molecule has 0 radical (unpaired) electrons. The average Bonchev–Trinajstić information content (AvgIpc) is 3.40. The first-order chi connectivity index (χ1) is 36.5. The van der Waals surface area contributed by atoms with Crippen LogP contribution >= 0.6 is 0 Å². The van der Waals surface area contributed by atoms with E-state index in [1.165, 1.54) is 270 Å². The van der Waals surface area contributed by atoms with Crippen LogP contribution in [0.2, 0.25) is 0 Å². The molecule has 0 aliphatic heterocycles. The molecule has 1 atom stereocenters. The Morgan fingerprint density at radius 2 is 0.486 bits per heavy atom. The molecule has 0 aliphatic rings. The molecular weight excluding hydrogens is 913 g/mol. The molecule has 0 heterocycles. The topological polar surface area (TPSA) is 78.9 Å². The van der Waals surface area contributed by atoms with Gasteiger partial charge in [0.2, 0.25) is 0 Å². The zero-order valence-electron chi connectivity index (χ0n) is 50.1. The molecule has 0 saturated carbocycles. The molecule has 0 aromatic rings. The molecule has 0 aliphatic carbocycles. The summed E-state index contributed by atoms with van der Waals surface area (Å²) in [5.41, 5.74) is 0. The number of unbranched alkanes of at least 4 members (excludes halogenated alkanes) is 47. The van der Waals surface area contributed by atoms with Crippen LogP contribution in [0.1, 0.15) is 374 Å². The molecule has 6 heteroatoms. The van der Waals surface area contributed by atoms with E-state index in [0.717, 1.165) is 64.2 Å². The molecule has 6 nitrogen and oxygen atoms in total. The van der Waals surface area contributed by atoms with Crippen molar-refractivity contribution in [3.8, 4) is 0 Å². The number of rotatable bonds is 62. The van der Waals surface area contributed by atoms with Crippen molar-refractivity contribution in [2.24, 2.45) is 0 Å². The van der Waals surface area contributed by atoms with E-state index in [0.29, 0.717) is 19.3 Å². The summed E-state index contributed by atoms with van der Waals surface area (Å²) in [4.78, 5) is 38.1. The SMILES string of the molecule is CCCCCCC/C=C\C/C=C\CCCCCCCCCCCCCCCCCCCC(=O)OCC(COC(=O)CCCCCCCCC)OC(=O)CCCCCCCCCCCCCCCCCCCCCC. The average molecular weight is 1040 g/mol. The van der Waals surface area contributed by atoms with E-state index in [4.69, 9.17) is 14.2 Å². The second kappa shape index (κ2) is 63.4. The van der Waals surface area contributed by atoms with E-state index < -0.39 is 6.10 Å². The molecule has 0 aromatic carbocycles. The highest BCUT2D eigenvalue weighted by Gasteiger charge is 2.19. The van der Waals surface area contributed by atoms with Crippen LogP contribution in [0, 0.1) is 0 Å². The van der Waals surface area contributed by atoms with E-state index >= 15 is 0 Å². The molecule has 0 amide bonds. The summed E-state index contributed by atoms with van der Waals surface area (Å²) in [6, 6.07) is 0. The molecule has 74 heavy (non-hydrogen) atoms. The summed E-state index contributed by atoms with van der Waals surface area (Å²) in [6.07, 6.45) is 76.6. The molecule has 1 unspecified atom stereocenters. The third-order valence-corrected chi connectivity index (χ3v) is 15.2. The van der Waals surface area contributed by atoms with Gasteiger partial charge in [-0.1, -0.05) is 328 Å². The lowest BCUT2D eigenvalue weighted by atomic mass is 10.0. The third-order valence-electron chi connectivity index (χ3n) is 15.2. The van der Waals surface area contributed by atoms with Gasteiger partial charge in [0, 0.05) is 19.3 Å². The first kappa shape index (κ1) is 71.9. The molecule has 0 spiro atoms. The molecule has 0 fully saturated rings. The summed E-state index contributed by atoms with van der Waals surface area (Å²) in [5.74, 6) is -0.844. The van der Waals surface area contributed by atoms with Crippen molar-refractivity contribution in [1.29, 1.82) is 0 Å². The normalized spacial score (nSPS) is 12.1. The summed E-state index contributed by atoms with van der Waals surface area (Å²) in [6.45, 7) is 6.66. The van der Waals surface area contributed by atoms with Gasteiger partial charge in [-0.3, -0.25) is 14.4 Å². The van der Waals surface area contributed by atoms with E-state index in [1.54, 1.807) is 0 Å². The summed E-state index contributed by atoms with van der Waals surface area (Å²) in [7, 11) is 0. The Morgan fingerprint density at radius 3 is 0.743 bits per heavy atom. The smallest absolute Gasteiger partial charge is 0.306 e. The van der Waals surface area contributed by atoms with Crippen molar-refractivity contribution in [2.75, 3.05) is 13.2 Å². The Balaban J connectivity index is 4.02. The number of hydrogen-bond donors (Lipinski definition) is 0. The second-order valence-electron chi connectivity index (χ2n) is 22.7. The van der Waals surface area contributed by atoms with Gasteiger partial charge in [0.15, 0.2) is 6.10 Å². The second-order valence-corrected chi connectivity index (χ2v) is 22.7. The van der Waals surface area contributed by atoms with Gasteiger partial charge >= 0.3 is 17.9 Å². The third kappa shape index (κ3) is 60.8. The minimum absolute atomic E-state index is 0.0646. The van der Waals surface area contributed by atoms with E-state index in [1.807, 2.05) is 0 Å². The van der Waals surface area contributed by atoms with Gasteiger partial charge < -0.3 is 14.2 Å². The molecule has 0 saturated heterocycles. The zero-order chi connectivity index (χ0) is 53.6. The van der Waals surface area contributed by atoms with Crippen molar-refractivity contribution < 1.29 is 28.6 Å². The van der Waals surface area contributed by atoms with Crippen molar-refractivity contribution >= 4 is 17.9 Å². The van der Waals surface area contributed by atoms with Gasteiger partial charge in [0.05, 0.1) is 0 Å². The van der Waals surface area contributed by atoms with E-state index in [9.17, 15) is 14.4 Å². The van der Waals surface area contributed by atoms with Gasteiger partial charge in [-0.25, -0.2) is 0 Å². The predicted octanol–water partition coefficient (Wildman–Crippen LogP) is 22.6.